The largest absolute Gasteiger partial charge is 0.335 e. The smallest absolute Gasteiger partial charge is 0.128 e. The van der Waals surface area contributed by atoms with E-state index in [4.69, 9.17) is 10.7 Å². The van der Waals surface area contributed by atoms with Crippen molar-refractivity contribution in [3.8, 4) is 0 Å². The highest BCUT2D eigenvalue weighted by atomic mass is 19.1. The lowest BCUT2D eigenvalue weighted by molar-refractivity contribution is -0.109. The van der Waals surface area contributed by atoms with Gasteiger partial charge in [0, 0.05) is 35.2 Å². The molecule has 0 aliphatic carbocycles. The van der Waals surface area contributed by atoms with E-state index >= 15 is 0 Å². The number of fused-ring (bicyclic) bond motifs is 4. The number of hydrogen-bond acceptors (Lipinski definition) is 4. The van der Waals surface area contributed by atoms with Gasteiger partial charge in [-0.15, -0.1) is 0 Å². The maximum atomic E-state index is 14.9. The van der Waals surface area contributed by atoms with Gasteiger partial charge in [0.25, 0.3) is 0 Å². The van der Waals surface area contributed by atoms with Crippen LogP contribution in [0.25, 0.3) is 22.7 Å². The number of benzene rings is 1. The number of allylic oxidation sites excluding steroid dienone is 4. The van der Waals surface area contributed by atoms with Crippen LogP contribution in [0.2, 0.25) is 0 Å². The molecule has 0 saturated heterocycles. The first-order valence-corrected chi connectivity index (χ1v) is 11.6. The number of nitrogens with two attached hydrogens (primary N) is 1. The lowest BCUT2D eigenvalue weighted by Crippen LogP contribution is -2.22. The van der Waals surface area contributed by atoms with Gasteiger partial charge in [0.05, 0.1) is 23.5 Å². The van der Waals surface area contributed by atoms with Crippen LogP contribution in [0.4, 0.5) is 4.39 Å². The second-order valence-corrected chi connectivity index (χ2v) is 9.31. The van der Waals surface area contributed by atoms with Crippen LogP contribution in [0, 0.1) is 18.7 Å². The summed E-state index contributed by atoms with van der Waals surface area (Å²) < 4.78 is 14.9. The molecule has 0 saturated carbocycles. The van der Waals surface area contributed by atoms with Crippen LogP contribution < -0.4 is 5.73 Å². The van der Waals surface area contributed by atoms with Crippen molar-refractivity contribution in [2.75, 3.05) is 0 Å². The van der Waals surface area contributed by atoms with Gasteiger partial charge in [0.1, 0.15) is 12.1 Å². The van der Waals surface area contributed by atoms with E-state index < -0.39 is 0 Å². The van der Waals surface area contributed by atoms with Crippen LogP contribution in [-0.4, -0.2) is 16.2 Å². The summed E-state index contributed by atoms with van der Waals surface area (Å²) in [4.78, 5) is 18.8. The Morgan fingerprint density at radius 1 is 1.39 bits per heavy atom. The van der Waals surface area contributed by atoms with Crippen LogP contribution in [0.1, 0.15) is 68.5 Å². The standard InChI is InChI=1S/C28H32FN3O/c1-7-8-19-18(6)32-13-23-22(12-30)27-21(9-15(2)3)17(5)24(29)11-25(27)31-28(23)26(32)10-20(19)16(4)14-33/h9-11,14,16H,6-8,12-13,30H2,1-5H3. The number of aromatic nitrogens is 1. The molecule has 5 heteroatoms. The highest BCUT2D eigenvalue weighted by Gasteiger charge is 2.35. The Morgan fingerprint density at radius 2 is 2.12 bits per heavy atom. The van der Waals surface area contributed by atoms with Gasteiger partial charge in [-0.3, -0.25) is 0 Å². The fourth-order valence-corrected chi connectivity index (χ4v) is 5.06. The second kappa shape index (κ2) is 8.71. The topological polar surface area (TPSA) is 59.2 Å². The minimum absolute atomic E-state index is 0.235. The summed E-state index contributed by atoms with van der Waals surface area (Å²) in [6.45, 7) is 15.2. The Hall–Kier alpha value is -3.05. The van der Waals surface area contributed by atoms with Crippen molar-refractivity contribution >= 4 is 29.0 Å². The molecule has 172 valence electrons. The third-order valence-electron chi connectivity index (χ3n) is 6.73. The molecular weight excluding hydrogens is 413 g/mol. The zero-order valence-corrected chi connectivity index (χ0v) is 20.2. The molecule has 0 amide bonds. The van der Waals surface area contributed by atoms with Crippen molar-refractivity contribution in [3.05, 3.63) is 74.9 Å². The molecule has 0 spiro atoms. The summed E-state index contributed by atoms with van der Waals surface area (Å²) in [5.74, 6) is -0.511. The molecule has 2 aromatic rings. The van der Waals surface area contributed by atoms with E-state index in [1.165, 1.54) is 6.07 Å². The van der Waals surface area contributed by atoms with Gasteiger partial charge in [0.2, 0.25) is 0 Å². The Labute approximate surface area is 195 Å². The number of aldehydes is 1. The first-order valence-electron chi connectivity index (χ1n) is 11.6. The van der Waals surface area contributed by atoms with Gasteiger partial charge in [-0.1, -0.05) is 38.5 Å². The number of hydrogen-bond donors (Lipinski definition) is 1. The minimum Gasteiger partial charge on any atom is -0.335 e. The molecule has 1 atom stereocenters. The lowest BCUT2D eigenvalue weighted by atomic mass is 9.88. The molecule has 2 N–H and O–H groups in total. The van der Waals surface area contributed by atoms with E-state index in [0.29, 0.717) is 24.2 Å². The molecule has 2 aliphatic rings. The highest BCUT2D eigenvalue weighted by molar-refractivity contribution is 5.96. The molecule has 4 rings (SSSR count). The molecule has 1 aromatic carbocycles. The molecule has 1 aromatic heterocycles. The quantitative estimate of drug-likeness (QED) is 0.540. The van der Waals surface area contributed by atoms with Crippen molar-refractivity contribution in [1.82, 2.24) is 9.88 Å². The summed E-state index contributed by atoms with van der Waals surface area (Å²) in [6, 6.07) is 1.51. The average Bonchev–Trinajstić information content (AvgIpc) is 3.15. The summed E-state index contributed by atoms with van der Waals surface area (Å²) >= 11 is 0. The van der Waals surface area contributed by atoms with Gasteiger partial charge in [-0.25, -0.2) is 9.37 Å². The fraction of sp³-hybridized carbons (Fsp3) is 0.357. The van der Waals surface area contributed by atoms with Crippen molar-refractivity contribution in [1.29, 1.82) is 0 Å². The third kappa shape index (κ3) is 3.65. The predicted molar refractivity (Wildman–Crippen MR) is 133 cm³/mol. The number of rotatable bonds is 6. The molecule has 4 nitrogen and oxygen atoms in total. The van der Waals surface area contributed by atoms with Crippen LogP contribution in [-0.2, 0) is 17.9 Å². The van der Waals surface area contributed by atoms with Crippen molar-refractivity contribution in [2.45, 2.75) is 60.5 Å². The lowest BCUT2D eigenvalue weighted by Gasteiger charge is -2.31. The van der Waals surface area contributed by atoms with Crippen LogP contribution in [0.5, 0.6) is 0 Å². The van der Waals surface area contributed by atoms with E-state index in [1.54, 1.807) is 6.92 Å². The number of carbonyl (C=O) groups excluding carboxylic acids is 1. The first kappa shape index (κ1) is 23.1. The molecule has 0 fully saturated rings. The summed E-state index contributed by atoms with van der Waals surface area (Å²) in [5.41, 5.74) is 16.3. The number of carbonyl (C=O) groups is 1. The Balaban J connectivity index is 2.04. The van der Waals surface area contributed by atoms with Gasteiger partial charge in [-0.05, 0) is 61.1 Å². The SMILES string of the molecule is C=C1C(CCC)=C(C(C)C=O)C=C2c3nc4cc(F)c(C)c(C=C(C)C)c4c(CN)c3CN12. The fourth-order valence-electron chi connectivity index (χ4n) is 5.06. The molecular formula is C28H32FN3O. The maximum Gasteiger partial charge on any atom is 0.128 e. The third-order valence-corrected chi connectivity index (χ3v) is 6.73. The van der Waals surface area contributed by atoms with Crippen LogP contribution in [0.15, 0.2) is 41.1 Å². The van der Waals surface area contributed by atoms with Crippen LogP contribution in [0.3, 0.4) is 0 Å². The molecule has 33 heavy (non-hydrogen) atoms. The van der Waals surface area contributed by atoms with E-state index in [0.717, 1.165) is 75.0 Å². The van der Waals surface area contributed by atoms with E-state index in [2.05, 4.69) is 24.5 Å². The summed E-state index contributed by atoms with van der Waals surface area (Å²) in [6.07, 6.45) is 6.89. The van der Waals surface area contributed by atoms with Gasteiger partial charge in [0.15, 0.2) is 0 Å². The Kier molecular flexibility index (Phi) is 6.10. The van der Waals surface area contributed by atoms with Crippen LogP contribution >= 0.6 is 0 Å². The molecule has 0 bridgehead atoms. The average molecular weight is 446 g/mol. The molecule has 2 aliphatic heterocycles. The molecule has 0 radical (unpaired) electrons. The number of nitrogens with zero attached hydrogens (tertiary/aromatic N) is 2. The molecule has 1 unspecified atom stereocenters. The first-order chi connectivity index (χ1) is 15.7. The summed E-state index contributed by atoms with van der Waals surface area (Å²) in [5, 5.41) is 0.922. The van der Waals surface area contributed by atoms with Crippen molar-refractivity contribution < 1.29 is 9.18 Å². The molecule has 3 heterocycles. The van der Waals surface area contributed by atoms with Gasteiger partial charge < -0.3 is 15.4 Å². The zero-order valence-electron chi connectivity index (χ0n) is 20.2. The summed E-state index contributed by atoms with van der Waals surface area (Å²) in [7, 11) is 0. The normalized spacial score (nSPS) is 16.0. The Morgan fingerprint density at radius 3 is 2.73 bits per heavy atom. The van der Waals surface area contributed by atoms with Crippen molar-refractivity contribution in [3.63, 3.8) is 0 Å². The van der Waals surface area contributed by atoms with Crippen molar-refractivity contribution in [2.24, 2.45) is 11.7 Å². The minimum atomic E-state index is -0.275. The maximum absolute atomic E-state index is 14.9. The van der Waals surface area contributed by atoms with Gasteiger partial charge >= 0.3 is 0 Å². The number of pyridine rings is 1. The van der Waals surface area contributed by atoms with E-state index in [-0.39, 0.29) is 11.7 Å². The Bertz CT molecular complexity index is 1280. The van der Waals surface area contributed by atoms with Gasteiger partial charge in [-0.2, -0.15) is 0 Å². The second-order valence-electron chi connectivity index (χ2n) is 9.31. The van der Waals surface area contributed by atoms with E-state index in [1.807, 2.05) is 26.8 Å². The predicted octanol–water partition coefficient (Wildman–Crippen LogP) is 6.18. The zero-order chi connectivity index (χ0) is 24.0. The number of halogens is 1. The monoisotopic (exact) mass is 445 g/mol. The highest BCUT2D eigenvalue weighted by Crippen LogP contribution is 2.46. The van der Waals surface area contributed by atoms with E-state index in [9.17, 15) is 9.18 Å².